The van der Waals surface area contributed by atoms with Gasteiger partial charge in [0, 0.05) is 97.8 Å². The van der Waals surface area contributed by atoms with E-state index in [1.54, 1.807) is 22.7 Å². The molecule has 0 unspecified atom stereocenters. The number of hydrogen-bond donors (Lipinski definition) is 0. The number of aryl methyl sites for hydroxylation is 2. The van der Waals surface area contributed by atoms with Crippen LogP contribution in [-0.4, -0.2) is 56.2 Å². The standard InChI is InChI=1S/C53H52N10O4S2/c1-5-58(6-2)42-22-18-36-28-38(52(64)66-46(36)30-42)20-24-50-62(44-14-9-11-16-48(44)68-50)34-40-32-60(56-54-40)26-13-27-61-33-41(55-57-61)35-63-45-15-10-12-17-49(45)69-51(63)25-21-39-29-37-19-23-43(59(7-3)8-4)31-47(37)67-53(39)65/h9-12,14-25,28-33H,5-8,13,26-27,34-35H2,1-4H3/q+2. The molecule has 10 aromatic rings. The second-order valence-corrected chi connectivity index (χ2v) is 18.8. The van der Waals surface area contributed by atoms with Gasteiger partial charge in [-0.3, -0.25) is 9.36 Å². The van der Waals surface area contributed by atoms with Crippen LogP contribution in [0.25, 0.3) is 66.7 Å². The molecule has 0 saturated carbocycles. The molecule has 0 bridgehead atoms. The van der Waals surface area contributed by atoms with Gasteiger partial charge in [0.2, 0.25) is 11.0 Å². The minimum absolute atomic E-state index is 0.374. The number of thiazole rings is 2. The van der Waals surface area contributed by atoms with Gasteiger partial charge in [-0.15, -0.1) is 10.2 Å². The molecule has 0 spiro atoms. The Kier molecular flexibility index (Phi) is 13.1. The average molecular weight is 957 g/mol. The molecule has 4 aromatic carbocycles. The van der Waals surface area contributed by atoms with Crippen molar-refractivity contribution in [1.82, 2.24) is 30.0 Å². The third-order valence-electron chi connectivity index (χ3n) is 12.4. The van der Waals surface area contributed by atoms with E-state index in [9.17, 15) is 9.59 Å². The molecule has 0 saturated heterocycles. The first-order valence-corrected chi connectivity index (χ1v) is 25.0. The zero-order chi connectivity index (χ0) is 47.4. The summed E-state index contributed by atoms with van der Waals surface area (Å²) in [5.74, 6) is 0. The monoisotopic (exact) mass is 956 g/mol. The Hall–Kier alpha value is -7.56. The molecule has 14 nitrogen and oxygen atoms in total. The second kappa shape index (κ2) is 20.0. The largest absolute Gasteiger partial charge is 0.422 e. The number of nitrogens with zero attached hydrogens (tertiary/aromatic N) is 10. The first kappa shape index (κ1) is 45.2. The van der Waals surface area contributed by atoms with Crippen LogP contribution in [0.2, 0.25) is 0 Å². The molecule has 0 fully saturated rings. The molecule has 348 valence electrons. The smallest absolute Gasteiger partial charge is 0.343 e. The van der Waals surface area contributed by atoms with E-state index in [1.807, 2.05) is 107 Å². The van der Waals surface area contributed by atoms with E-state index in [0.717, 1.165) is 96.6 Å². The molecule has 10 rings (SSSR count). The highest BCUT2D eigenvalue weighted by molar-refractivity contribution is 7.19. The van der Waals surface area contributed by atoms with Crippen molar-refractivity contribution < 1.29 is 18.0 Å². The van der Waals surface area contributed by atoms with Crippen molar-refractivity contribution in [2.45, 2.75) is 60.3 Å². The van der Waals surface area contributed by atoms with Gasteiger partial charge in [0.05, 0.1) is 23.5 Å². The number of benzene rings is 4. The molecule has 16 heteroatoms. The molecule has 0 N–H and O–H groups in total. The Balaban J connectivity index is 0.800. The van der Waals surface area contributed by atoms with E-state index < -0.39 is 0 Å². The van der Waals surface area contributed by atoms with Gasteiger partial charge in [0.15, 0.2) is 13.1 Å². The normalized spacial score (nSPS) is 12.0. The van der Waals surface area contributed by atoms with Crippen molar-refractivity contribution in [3.63, 3.8) is 0 Å². The van der Waals surface area contributed by atoms with Gasteiger partial charge >= 0.3 is 11.3 Å². The first-order chi connectivity index (χ1) is 33.8. The minimum atomic E-state index is -0.374. The van der Waals surface area contributed by atoms with Gasteiger partial charge in [-0.1, -0.05) is 57.4 Å². The summed E-state index contributed by atoms with van der Waals surface area (Å²) < 4.78 is 22.0. The van der Waals surface area contributed by atoms with Crippen molar-refractivity contribution in [2.75, 3.05) is 36.0 Å². The lowest BCUT2D eigenvalue weighted by Gasteiger charge is -2.20. The summed E-state index contributed by atoms with van der Waals surface area (Å²) in [6.07, 6.45) is 12.4. The molecular weight excluding hydrogens is 905 g/mol. The number of anilines is 2. The first-order valence-electron chi connectivity index (χ1n) is 23.4. The van der Waals surface area contributed by atoms with Crippen molar-refractivity contribution in [3.8, 4) is 0 Å². The molecule has 0 aliphatic rings. The summed E-state index contributed by atoms with van der Waals surface area (Å²) in [5.41, 5.74) is 7.26. The highest BCUT2D eigenvalue weighted by atomic mass is 32.1. The summed E-state index contributed by atoms with van der Waals surface area (Å²) in [5, 5.41) is 21.7. The van der Waals surface area contributed by atoms with Gasteiger partial charge in [0.1, 0.15) is 32.0 Å². The van der Waals surface area contributed by atoms with Crippen molar-refractivity contribution >= 4 is 101 Å². The third-order valence-corrected chi connectivity index (χ3v) is 14.7. The molecule has 0 aliphatic carbocycles. The molecular formula is C53H52N10O4S2+2. The average Bonchev–Trinajstić information content (AvgIpc) is 4.17. The Morgan fingerprint density at radius 2 is 1.00 bits per heavy atom. The third kappa shape index (κ3) is 9.63. The maximum atomic E-state index is 13.2. The zero-order valence-electron chi connectivity index (χ0n) is 39.0. The van der Waals surface area contributed by atoms with E-state index in [2.05, 4.69) is 104 Å². The zero-order valence-corrected chi connectivity index (χ0v) is 40.6. The Bertz CT molecular complexity index is 3410. The Labute approximate surface area is 405 Å². The topological polar surface area (TPSA) is 136 Å². The van der Waals surface area contributed by atoms with Crippen LogP contribution in [0.5, 0.6) is 0 Å². The van der Waals surface area contributed by atoms with E-state index in [0.29, 0.717) is 48.5 Å². The highest BCUT2D eigenvalue weighted by Crippen LogP contribution is 2.27. The van der Waals surface area contributed by atoms with Crippen molar-refractivity contribution in [1.29, 1.82) is 0 Å². The fraction of sp³-hybridized carbons (Fsp3) is 0.245. The Morgan fingerprint density at radius 1 is 0.565 bits per heavy atom. The van der Waals surface area contributed by atoms with Crippen LogP contribution in [0.3, 0.4) is 0 Å². The highest BCUT2D eigenvalue weighted by Gasteiger charge is 2.23. The van der Waals surface area contributed by atoms with E-state index in [4.69, 9.17) is 8.83 Å². The van der Waals surface area contributed by atoms with Crippen molar-refractivity contribution in [3.05, 3.63) is 163 Å². The van der Waals surface area contributed by atoms with Crippen LogP contribution in [0.1, 0.15) is 66.6 Å². The quantitative estimate of drug-likeness (QED) is 0.0605. The van der Waals surface area contributed by atoms with Crippen LogP contribution in [0, 0.1) is 0 Å². The predicted molar refractivity (Wildman–Crippen MR) is 277 cm³/mol. The summed E-state index contributed by atoms with van der Waals surface area (Å²) in [7, 11) is 0. The van der Waals surface area contributed by atoms with E-state index >= 15 is 0 Å². The van der Waals surface area contributed by atoms with Crippen molar-refractivity contribution in [2.24, 2.45) is 0 Å². The summed E-state index contributed by atoms with van der Waals surface area (Å²) in [6, 6.07) is 32.4. The molecule has 6 heterocycles. The fourth-order valence-corrected chi connectivity index (χ4v) is 10.9. The predicted octanol–water partition coefficient (Wildman–Crippen LogP) is 9.31. The van der Waals surface area contributed by atoms with Gasteiger partial charge < -0.3 is 18.6 Å². The summed E-state index contributed by atoms with van der Waals surface area (Å²) in [6.45, 7) is 14.3. The van der Waals surface area contributed by atoms with Crippen LogP contribution < -0.4 is 30.2 Å². The maximum Gasteiger partial charge on any atom is 0.343 e. The lowest BCUT2D eigenvalue weighted by atomic mass is 10.1. The lowest BCUT2D eigenvalue weighted by molar-refractivity contribution is -0.660. The number of rotatable bonds is 18. The Morgan fingerprint density at radius 3 is 1.43 bits per heavy atom. The molecule has 69 heavy (non-hydrogen) atoms. The number of para-hydroxylation sites is 2. The van der Waals surface area contributed by atoms with E-state index in [-0.39, 0.29) is 11.3 Å². The molecule has 0 aliphatic heterocycles. The second-order valence-electron chi connectivity index (χ2n) is 16.7. The van der Waals surface area contributed by atoms with Crippen LogP contribution in [0.15, 0.2) is 128 Å². The van der Waals surface area contributed by atoms with Crippen LogP contribution in [0.4, 0.5) is 11.4 Å². The molecule has 0 atom stereocenters. The van der Waals surface area contributed by atoms with Gasteiger partial charge in [0.25, 0.3) is 10.0 Å². The molecule has 6 aromatic heterocycles. The summed E-state index contributed by atoms with van der Waals surface area (Å²) >= 11 is 3.31. The van der Waals surface area contributed by atoms with Crippen LogP contribution in [-0.2, 0) is 26.2 Å². The lowest BCUT2D eigenvalue weighted by Crippen LogP contribution is -2.35. The van der Waals surface area contributed by atoms with Crippen LogP contribution >= 0.6 is 22.7 Å². The number of aromatic nitrogens is 8. The minimum Gasteiger partial charge on any atom is -0.422 e. The SMILES string of the molecule is CCN(CC)c1ccc2cc(/C=C/c3sc4ccccc4[n+]3Cc3cn(CCCn4cc(C[n+]5c(/C=C/c6cc7ccc(N(CC)CC)cc7oc6=O)sc6ccccc65)nn4)nn3)c(=O)oc2c1. The molecule has 0 radical (unpaired) electrons. The van der Waals surface area contributed by atoms with Gasteiger partial charge in [-0.2, -0.15) is 9.13 Å². The molecule has 0 amide bonds. The summed E-state index contributed by atoms with van der Waals surface area (Å²) in [4.78, 5) is 30.8. The maximum absolute atomic E-state index is 13.2. The van der Waals surface area contributed by atoms with Gasteiger partial charge in [-0.25, -0.2) is 9.59 Å². The number of fused-ring (bicyclic) bond motifs is 4. The fourth-order valence-electron chi connectivity index (χ4n) is 8.80. The van der Waals surface area contributed by atoms with Gasteiger partial charge in [-0.05, 0) is 94.8 Å². The number of hydrogen-bond acceptors (Lipinski definition) is 12. The van der Waals surface area contributed by atoms with E-state index in [1.165, 1.54) is 0 Å².